The second kappa shape index (κ2) is 6.16. The van der Waals surface area contributed by atoms with Crippen molar-refractivity contribution in [3.63, 3.8) is 0 Å². The molecule has 1 fully saturated rings. The van der Waals surface area contributed by atoms with Gasteiger partial charge in [-0.05, 0) is 24.1 Å². The number of halogens is 1. The molecule has 2 heterocycles. The summed E-state index contributed by atoms with van der Waals surface area (Å²) in [7, 11) is 0. The fourth-order valence-corrected chi connectivity index (χ4v) is 3.40. The van der Waals surface area contributed by atoms with Gasteiger partial charge in [0.05, 0.1) is 0 Å². The molecule has 0 spiro atoms. The predicted molar refractivity (Wildman–Crippen MR) is 82.3 cm³/mol. The van der Waals surface area contributed by atoms with E-state index in [1.165, 1.54) is 5.56 Å². The predicted octanol–water partition coefficient (Wildman–Crippen LogP) is 2.70. The van der Waals surface area contributed by atoms with E-state index in [4.69, 9.17) is 9.47 Å². The third-order valence-electron chi connectivity index (χ3n) is 3.83. The first-order valence-electron chi connectivity index (χ1n) is 6.94. The quantitative estimate of drug-likeness (QED) is 0.856. The van der Waals surface area contributed by atoms with Crippen molar-refractivity contribution in [2.75, 3.05) is 33.0 Å². The van der Waals surface area contributed by atoms with E-state index in [1.807, 2.05) is 12.1 Å². The van der Waals surface area contributed by atoms with Crippen LogP contribution in [-0.2, 0) is 0 Å². The second-order valence-corrected chi connectivity index (χ2v) is 5.91. The minimum Gasteiger partial charge on any atom is -0.454 e. The van der Waals surface area contributed by atoms with Crippen molar-refractivity contribution >= 4 is 15.9 Å². The van der Waals surface area contributed by atoms with Crippen molar-refractivity contribution in [3.8, 4) is 11.5 Å². The molecule has 0 bridgehead atoms. The average molecular weight is 339 g/mol. The average Bonchev–Trinajstić information content (AvgIpc) is 2.92. The normalized spacial score (nSPS) is 19.9. The highest BCUT2D eigenvalue weighted by Crippen LogP contribution is 2.41. The summed E-state index contributed by atoms with van der Waals surface area (Å²) in [6, 6.07) is 4.44. The molecule has 2 aliphatic rings. The summed E-state index contributed by atoms with van der Waals surface area (Å²) in [5.41, 5.74) is 1.25. The van der Waals surface area contributed by atoms with Crippen LogP contribution >= 0.6 is 15.9 Å². The van der Waals surface area contributed by atoms with Crippen LogP contribution in [-0.4, -0.2) is 37.9 Å². The smallest absolute Gasteiger partial charge is 0.231 e. The van der Waals surface area contributed by atoms with Crippen molar-refractivity contribution in [1.29, 1.82) is 0 Å². The summed E-state index contributed by atoms with van der Waals surface area (Å²) in [4.78, 5) is 2.50. The lowest BCUT2D eigenvalue weighted by atomic mass is 10.0. The molecular formula is C15H19BrN2O2. The van der Waals surface area contributed by atoms with Gasteiger partial charge in [-0.3, -0.25) is 4.90 Å². The molecular weight excluding hydrogens is 320 g/mol. The van der Waals surface area contributed by atoms with Crippen LogP contribution in [0.5, 0.6) is 11.5 Å². The Hall–Kier alpha value is -1.04. The zero-order valence-electron chi connectivity index (χ0n) is 11.4. The van der Waals surface area contributed by atoms with Gasteiger partial charge in [-0.2, -0.15) is 0 Å². The zero-order valence-corrected chi connectivity index (χ0v) is 13.0. The highest BCUT2D eigenvalue weighted by molar-refractivity contribution is 9.10. The first-order valence-corrected chi connectivity index (χ1v) is 7.73. The number of rotatable bonds is 4. The summed E-state index contributed by atoms with van der Waals surface area (Å²) in [5, 5.41) is 3.40. The van der Waals surface area contributed by atoms with Gasteiger partial charge in [-0.25, -0.2) is 0 Å². The van der Waals surface area contributed by atoms with Crippen LogP contribution in [0.3, 0.4) is 0 Å². The maximum absolute atomic E-state index is 5.51. The van der Waals surface area contributed by atoms with Gasteiger partial charge < -0.3 is 14.8 Å². The van der Waals surface area contributed by atoms with Gasteiger partial charge in [-0.1, -0.05) is 22.0 Å². The van der Waals surface area contributed by atoms with Crippen LogP contribution in [0.1, 0.15) is 18.0 Å². The van der Waals surface area contributed by atoms with Gasteiger partial charge in [-0.15, -0.1) is 6.58 Å². The standard InChI is InChI=1S/C15H19BrN2O2/c1-2-3-13(18-6-4-17-5-7-18)11-8-14-15(9-12(11)16)20-10-19-14/h2,8-9,13,17H,1,3-7,10H2/t13-/m1/s1. The van der Waals surface area contributed by atoms with Crippen LogP contribution in [0.15, 0.2) is 29.3 Å². The molecule has 0 amide bonds. The Morgan fingerprint density at radius 2 is 2.00 bits per heavy atom. The number of hydrogen-bond donors (Lipinski definition) is 1. The van der Waals surface area contributed by atoms with E-state index in [0.717, 1.165) is 48.6 Å². The van der Waals surface area contributed by atoms with Gasteiger partial charge in [0.15, 0.2) is 11.5 Å². The minimum atomic E-state index is 0.311. The lowest BCUT2D eigenvalue weighted by Crippen LogP contribution is -2.45. The number of nitrogens with one attached hydrogen (secondary N) is 1. The number of hydrogen-bond acceptors (Lipinski definition) is 4. The lowest BCUT2D eigenvalue weighted by molar-refractivity contribution is 0.171. The van der Waals surface area contributed by atoms with E-state index in [1.54, 1.807) is 0 Å². The minimum absolute atomic E-state index is 0.311. The largest absolute Gasteiger partial charge is 0.454 e. The van der Waals surface area contributed by atoms with Crippen molar-refractivity contribution < 1.29 is 9.47 Å². The number of piperazine rings is 1. The Bertz CT molecular complexity index is 501. The molecule has 3 rings (SSSR count). The number of ether oxygens (including phenoxy) is 2. The molecule has 0 radical (unpaired) electrons. The zero-order chi connectivity index (χ0) is 13.9. The van der Waals surface area contributed by atoms with Crippen LogP contribution in [0.2, 0.25) is 0 Å². The van der Waals surface area contributed by atoms with E-state index in [0.29, 0.717) is 12.8 Å². The monoisotopic (exact) mass is 338 g/mol. The summed E-state index contributed by atoms with van der Waals surface area (Å²) >= 11 is 3.67. The van der Waals surface area contributed by atoms with E-state index >= 15 is 0 Å². The van der Waals surface area contributed by atoms with Crippen molar-refractivity contribution in [2.24, 2.45) is 0 Å². The molecule has 2 aliphatic heterocycles. The van der Waals surface area contributed by atoms with Crippen molar-refractivity contribution in [3.05, 3.63) is 34.8 Å². The highest BCUT2D eigenvalue weighted by Gasteiger charge is 2.25. The number of fused-ring (bicyclic) bond motifs is 1. The van der Waals surface area contributed by atoms with Crippen LogP contribution in [0.4, 0.5) is 0 Å². The number of benzene rings is 1. The highest BCUT2D eigenvalue weighted by atomic mass is 79.9. The molecule has 4 nitrogen and oxygen atoms in total. The Balaban J connectivity index is 1.92. The van der Waals surface area contributed by atoms with Gasteiger partial charge in [0.2, 0.25) is 6.79 Å². The summed E-state index contributed by atoms with van der Waals surface area (Å²) in [5.74, 6) is 1.66. The molecule has 1 N–H and O–H groups in total. The molecule has 1 aromatic carbocycles. The van der Waals surface area contributed by atoms with Crippen LogP contribution in [0.25, 0.3) is 0 Å². The maximum atomic E-state index is 5.51. The van der Waals surface area contributed by atoms with Crippen LogP contribution in [0, 0.1) is 0 Å². The second-order valence-electron chi connectivity index (χ2n) is 5.05. The van der Waals surface area contributed by atoms with E-state index < -0.39 is 0 Å². The molecule has 0 aliphatic carbocycles. The van der Waals surface area contributed by atoms with E-state index in [2.05, 4.69) is 38.8 Å². The lowest BCUT2D eigenvalue weighted by Gasteiger charge is -2.35. The van der Waals surface area contributed by atoms with Crippen LogP contribution < -0.4 is 14.8 Å². The van der Waals surface area contributed by atoms with Crippen molar-refractivity contribution in [2.45, 2.75) is 12.5 Å². The van der Waals surface area contributed by atoms with Gasteiger partial charge in [0, 0.05) is 36.7 Å². The Labute approximate surface area is 127 Å². The van der Waals surface area contributed by atoms with E-state index in [-0.39, 0.29) is 0 Å². The molecule has 5 heteroatoms. The Morgan fingerprint density at radius 1 is 1.30 bits per heavy atom. The Morgan fingerprint density at radius 3 is 2.70 bits per heavy atom. The topological polar surface area (TPSA) is 33.7 Å². The molecule has 108 valence electrons. The maximum Gasteiger partial charge on any atom is 0.231 e. The third kappa shape index (κ3) is 2.71. The fraction of sp³-hybridized carbons (Fsp3) is 0.467. The molecule has 0 aromatic heterocycles. The van der Waals surface area contributed by atoms with Gasteiger partial charge in [0.1, 0.15) is 0 Å². The molecule has 1 atom stereocenters. The Kier molecular flexibility index (Phi) is 4.29. The first kappa shape index (κ1) is 13.9. The summed E-state index contributed by atoms with van der Waals surface area (Å²) < 4.78 is 12.0. The van der Waals surface area contributed by atoms with Crippen molar-refractivity contribution in [1.82, 2.24) is 10.2 Å². The molecule has 1 aromatic rings. The fourth-order valence-electron chi connectivity index (χ4n) is 2.81. The molecule has 1 saturated heterocycles. The van der Waals surface area contributed by atoms with Gasteiger partial charge >= 0.3 is 0 Å². The molecule has 0 unspecified atom stereocenters. The van der Waals surface area contributed by atoms with E-state index in [9.17, 15) is 0 Å². The van der Waals surface area contributed by atoms with Gasteiger partial charge in [0.25, 0.3) is 0 Å². The molecule has 0 saturated carbocycles. The third-order valence-corrected chi connectivity index (χ3v) is 4.52. The first-order chi connectivity index (χ1) is 9.79. The number of nitrogens with zero attached hydrogens (tertiary/aromatic N) is 1. The summed E-state index contributed by atoms with van der Waals surface area (Å²) in [6.07, 6.45) is 2.92. The molecule has 20 heavy (non-hydrogen) atoms. The summed E-state index contributed by atoms with van der Waals surface area (Å²) in [6.45, 7) is 8.40. The SMILES string of the molecule is C=CC[C@H](c1cc2c(cc1Br)OCO2)N1CCNCC1.